The van der Waals surface area contributed by atoms with Crippen molar-refractivity contribution in [3.8, 4) is 5.75 Å². The van der Waals surface area contributed by atoms with Gasteiger partial charge in [-0.25, -0.2) is 0 Å². The Hall–Kier alpha value is -2.33. The molecule has 4 heteroatoms. The van der Waals surface area contributed by atoms with Crippen LogP contribution in [0.25, 0.3) is 0 Å². The Balaban J connectivity index is 1.94. The van der Waals surface area contributed by atoms with E-state index in [4.69, 9.17) is 14.9 Å². The van der Waals surface area contributed by atoms with Crippen LogP contribution in [0.2, 0.25) is 0 Å². The molecule has 104 valence electrons. The Morgan fingerprint density at radius 1 is 1.00 bits per heavy atom. The molecule has 2 aromatic rings. The summed E-state index contributed by atoms with van der Waals surface area (Å²) < 4.78 is 5.63. The summed E-state index contributed by atoms with van der Waals surface area (Å²) >= 11 is 0. The number of hydrogen-bond acceptors (Lipinski definition) is 3. The Morgan fingerprint density at radius 3 is 2.35 bits per heavy atom. The molecule has 0 aliphatic carbocycles. The van der Waals surface area contributed by atoms with Gasteiger partial charge in [-0.1, -0.05) is 36.4 Å². The number of benzene rings is 2. The number of carbonyl (C=O) groups is 1. The second-order valence-corrected chi connectivity index (χ2v) is 4.48. The zero-order valence-electron chi connectivity index (χ0n) is 11.0. The van der Waals surface area contributed by atoms with Crippen molar-refractivity contribution in [1.82, 2.24) is 0 Å². The van der Waals surface area contributed by atoms with Gasteiger partial charge in [0.25, 0.3) is 0 Å². The summed E-state index contributed by atoms with van der Waals surface area (Å²) in [5.74, 6) is -0.138. The van der Waals surface area contributed by atoms with Gasteiger partial charge in [-0.05, 0) is 28.8 Å². The highest BCUT2D eigenvalue weighted by Gasteiger charge is 2.01. The minimum Gasteiger partial charge on any atom is -0.489 e. The van der Waals surface area contributed by atoms with Crippen LogP contribution in [0, 0.1) is 0 Å². The van der Waals surface area contributed by atoms with Gasteiger partial charge < -0.3 is 14.9 Å². The Bertz CT molecular complexity index is 575. The maximum atomic E-state index is 10.6. The average molecular weight is 272 g/mol. The third-order valence-corrected chi connectivity index (χ3v) is 2.86. The molecule has 0 atom stereocenters. The smallest absolute Gasteiger partial charge is 0.307 e. The molecular formula is C16H16O4. The van der Waals surface area contributed by atoms with Gasteiger partial charge in [-0.3, -0.25) is 4.79 Å². The van der Waals surface area contributed by atoms with E-state index in [2.05, 4.69) is 0 Å². The van der Waals surface area contributed by atoms with E-state index in [-0.39, 0.29) is 13.0 Å². The predicted octanol–water partition coefficient (Wildman–Crippen LogP) is 2.39. The van der Waals surface area contributed by atoms with Crippen LogP contribution >= 0.6 is 0 Å². The molecule has 20 heavy (non-hydrogen) atoms. The maximum Gasteiger partial charge on any atom is 0.307 e. The van der Waals surface area contributed by atoms with Crippen LogP contribution in [-0.4, -0.2) is 16.2 Å². The van der Waals surface area contributed by atoms with Crippen molar-refractivity contribution in [3.05, 3.63) is 65.2 Å². The molecule has 2 rings (SSSR count). The van der Waals surface area contributed by atoms with Crippen LogP contribution < -0.4 is 4.74 Å². The van der Waals surface area contributed by atoms with Crippen molar-refractivity contribution >= 4 is 5.97 Å². The lowest BCUT2D eigenvalue weighted by molar-refractivity contribution is -0.136. The Kier molecular flexibility index (Phi) is 4.74. The van der Waals surface area contributed by atoms with Gasteiger partial charge in [0.1, 0.15) is 12.4 Å². The van der Waals surface area contributed by atoms with Gasteiger partial charge in [0, 0.05) is 0 Å². The number of rotatable bonds is 6. The van der Waals surface area contributed by atoms with Crippen LogP contribution in [0.4, 0.5) is 0 Å². The number of ether oxygens (including phenoxy) is 1. The first-order valence-electron chi connectivity index (χ1n) is 6.29. The third-order valence-electron chi connectivity index (χ3n) is 2.86. The summed E-state index contributed by atoms with van der Waals surface area (Å²) in [5, 5.41) is 17.7. The number of carboxylic acids is 1. The summed E-state index contributed by atoms with van der Waals surface area (Å²) in [7, 11) is 0. The van der Waals surface area contributed by atoms with E-state index in [1.807, 2.05) is 30.3 Å². The quantitative estimate of drug-likeness (QED) is 0.847. The molecule has 2 aromatic carbocycles. The summed E-state index contributed by atoms with van der Waals surface area (Å²) in [4.78, 5) is 10.6. The first-order chi connectivity index (χ1) is 9.67. The normalized spacial score (nSPS) is 10.2. The predicted molar refractivity (Wildman–Crippen MR) is 74.5 cm³/mol. The first kappa shape index (κ1) is 14.1. The summed E-state index contributed by atoms with van der Waals surface area (Å²) in [6.07, 6.45) is 0.0275. The average Bonchev–Trinajstić information content (AvgIpc) is 2.46. The zero-order chi connectivity index (χ0) is 14.4. The second-order valence-electron chi connectivity index (χ2n) is 4.48. The van der Waals surface area contributed by atoms with E-state index in [0.717, 1.165) is 16.7 Å². The van der Waals surface area contributed by atoms with Crippen LogP contribution in [0.15, 0.2) is 48.5 Å². The number of carboxylic acid groups (broad SMARTS) is 1. The molecule has 0 bridgehead atoms. The first-order valence-corrected chi connectivity index (χ1v) is 6.29. The monoisotopic (exact) mass is 272 g/mol. The molecule has 0 saturated carbocycles. The molecule has 2 N–H and O–H groups in total. The highest BCUT2D eigenvalue weighted by molar-refractivity contribution is 5.70. The molecule has 0 fully saturated rings. The number of aliphatic hydroxyl groups excluding tert-OH is 1. The van der Waals surface area contributed by atoms with Gasteiger partial charge in [0.05, 0.1) is 13.0 Å². The molecule has 0 spiro atoms. The zero-order valence-corrected chi connectivity index (χ0v) is 11.0. The van der Waals surface area contributed by atoms with Crippen molar-refractivity contribution in [2.75, 3.05) is 0 Å². The molecular weight excluding hydrogens is 256 g/mol. The van der Waals surface area contributed by atoms with Crippen LogP contribution in [0.1, 0.15) is 16.7 Å². The van der Waals surface area contributed by atoms with Crippen molar-refractivity contribution in [3.63, 3.8) is 0 Å². The van der Waals surface area contributed by atoms with E-state index in [1.54, 1.807) is 18.2 Å². The molecule has 0 aromatic heterocycles. The van der Waals surface area contributed by atoms with Crippen molar-refractivity contribution in [2.45, 2.75) is 19.6 Å². The Morgan fingerprint density at radius 2 is 1.70 bits per heavy atom. The lowest BCUT2D eigenvalue weighted by atomic mass is 10.1. The van der Waals surface area contributed by atoms with Crippen LogP contribution in [-0.2, 0) is 24.4 Å². The fourth-order valence-electron chi connectivity index (χ4n) is 1.83. The second kappa shape index (κ2) is 6.73. The van der Waals surface area contributed by atoms with Crippen LogP contribution in [0.5, 0.6) is 5.75 Å². The molecule has 0 heterocycles. The lowest BCUT2D eigenvalue weighted by Crippen LogP contribution is -2.01. The highest BCUT2D eigenvalue weighted by atomic mass is 16.5. The van der Waals surface area contributed by atoms with Crippen LogP contribution in [0.3, 0.4) is 0 Å². The molecule has 0 amide bonds. The SMILES string of the molecule is O=C(O)Cc1ccc(COc2cccc(CO)c2)cc1. The summed E-state index contributed by atoms with van der Waals surface area (Å²) in [6, 6.07) is 14.6. The third kappa shape index (κ3) is 4.10. The molecule has 0 radical (unpaired) electrons. The van der Waals surface area contributed by atoms with E-state index in [0.29, 0.717) is 12.4 Å². The summed E-state index contributed by atoms with van der Waals surface area (Å²) in [5.41, 5.74) is 2.54. The van der Waals surface area contributed by atoms with E-state index in [9.17, 15) is 4.79 Å². The topological polar surface area (TPSA) is 66.8 Å². The molecule has 0 unspecified atom stereocenters. The maximum absolute atomic E-state index is 10.6. The number of aliphatic hydroxyl groups is 1. The van der Waals surface area contributed by atoms with Gasteiger partial charge in [0.15, 0.2) is 0 Å². The lowest BCUT2D eigenvalue weighted by Gasteiger charge is -2.08. The fraction of sp³-hybridized carbons (Fsp3) is 0.188. The number of aliphatic carboxylic acids is 1. The van der Waals surface area contributed by atoms with Gasteiger partial charge >= 0.3 is 5.97 Å². The van der Waals surface area contributed by atoms with Crippen molar-refractivity contribution < 1.29 is 19.7 Å². The van der Waals surface area contributed by atoms with Gasteiger partial charge in [0.2, 0.25) is 0 Å². The standard InChI is InChI=1S/C16H16O4/c17-10-14-2-1-3-15(8-14)20-11-13-6-4-12(5-7-13)9-16(18)19/h1-8,17H,9-11H2,(H,18,19). The highest BCUT2D eigenvalue weighted by Crippen LogP contribution is 2.15. The minimum absolute atomic E-state index is 0.0128. The van der Waals surface area contributed by atoms with E-state index >= 15 is 0 Å². The van der Waals surface area contributed by atoms with Gasteiger partial charge in [-0.15, -0.1) is 0 Å². The van der Waals surface area contributed by atoms with Crippen molar-refractivity contribution in [2.24, 2.45) is 0 Å². The largest absolute Gasteiger partial charge is 0.489 e. The molecule has 0 saturated heterocycles. The molecule has 0 aliphatic rings. The molecule has 4 nitrogen and oxygen atoms in total. The minimum atomic E-state index is -0.838. The molecule has 0 aliphatic heterocycles. The number of hydrogen-bond donors (Lipinski definition) is 2. The van der Waals surface area contributed by atoms with E-state index < -0.39 is 5.97 Å². The Labute approximate surface area is 117 Å². The fourth-order valence-corrected chi connectivity index (χ4v) is 1.83. The summed E-state index contributed by atoms with van der Waals surface area (Å²) in [6.45, 7) is 0.392. The van der Waals surface area contributed by atoms with Crippen molar-refractivity contribution in [1.29, 1.82) is 0 Å². The van der Waals surface area contributed by atoms with E-state index in [1.165, 1.54) is 0 Å². The van der Waals surface area contributed by atoms with Gasteiger partial charge in [-0.2, -0.15) is 0 Å².